The van der Waals surface area contributed by atoms with Crippen LogP contribution in [0.4, 0.5) is 4.79 Å². The van der Waals surface area contributed by atoms with Crippen LogP contribution < -0.4 is 5.32 Å². The van der Waals surface area contributed by atoms with Crippen molar-refractivity contribution in [1.82, 2.24) is 5.32 Å². The summed E-state index contributed by atoms with van der Waals surface area (Å²) in [5, 5.41) is 2.57. The van der Waals surface area contributed by atoms with Crippen molar-refractivity contribution in [1.29, 1.82) is 0 Å². The van der Waals surface area contributed by atoms with Crippen LogP contribution in [0.1, 0.15) is 27.0 Å². The van der Waals surface area contributed by atoms with Crippen molar-refractivity contribution in [2.75, 3.05) is 6.54 Å². The lowest BCUT2D eigenvalue weighted by Gasteiger charge is -2.04. The molecule has 1 N–H and O–H groups in total. The number of aryl methyl sites for hydroxylation is 1. The first kappa shape index (κ1) is 16.3. The van der Waals surface area contributed by atoms with Crippen LogP contribution in [0.2, 0.25) is 0 Å². The summed E-state index contributed by atoms with van der Waals surface area (Å²) in [4.78, 5) is 22.2. The Morgan fingerprint density at radius 3 is 2.70 bits per heavy atom. The van der Waals surface area contributed by atoms with Gasteiger partial charge in [-0.15, -0.1) is 0 Å². The van der Waals surface area contributed by atoms with Crippen LogP contribution in [-0.4, -0.2) is 18.9 Å². The van der Waals surface area contributed by atoms with Crippen molar-refractivity contribution in [2.24, 2.45) is 0 Å². The van der Waals surface area contributed by atoms with E-state index in [-0.39, 0.29) is 13.2 Å². The number of hydrogen-bond donors (Lipinski definition) is 1. The summed E-state index contributed by atoms with van der Waals surface area (Å²) in [6.45, 7) is 2.31. The van der Waals surface area contributed by atoms with E-state index in [4.69, 9.17) is 4.74 Å². The first-order valence-corrected chi connectivity index (χ1v) is 7.18. The molecule has 0 spiro atoms. The number of carbonyl (C=O) groups excluding carboxylic acids is 2. The van der Waals surface area contributed by atoms with Gasteiger partial charge in [0.15, 0.2) is 0 Å². The number of ether oxygens (including phenoxy) is 1. The van der Waals surface area contributed by atoms with E-state index in [1.165, 1.54) is 0 Å². The van der Waals surface area contributed by atoms with Crippen LogP contribution in [0, 0.1) is 18.8 Å². The molecule has 0 heterocycles. The first-order chi connectivity index (χ1) is 11.2. The molecule has 1 amide bonds. The largest absolute Gasteiger partial charge is 0.445 e. The average molecular weight is 307 g/mol. The first-order valence-electron chi connectivity index (χ1n) is 7.18. The number of nitrogens with one attached hydrogen (secondary N) is 1. The maximum absolute atomic E-state index is 11.5. The Labute approximate surface area is 135 Å². The van der Waals surface area contributed by atoms with Crippen molar-refractivity contribution in [3.8, 4) is 11.8 Å². The summed E-state index contributed by atoms with van der Waals surface area (Å²) in [6, 6.07) is 14.7. The van der Waals surface area contributed by atoms with E-state index in [1.54, 1.807) is 18.2 Å². The predicted molar refractivity (Wildman–Crippen MR) is 88.1 cm³/mol. The summed E-state index contributed by atoms with van der Waals surface area (Å²) < 4.78 is 5.08. The van der Waals surface area contributed by atoms with Crippen LogP contribution >= 0.6 is 0 Å². The summed E-state index contributed by atoms with van der Waals surface area (Å²) in [5.41, 5.74) is 3.30. The van der Waals surface area contributed by atoms with E-state index in [0.717, 1.165) is 23.0 Å². The Hall–Kier alpha value is -3.06. The van der Waals surface area contributed by atoms with Crippen LogP contribution in [-0.2, 0) is 11.3 Å². The maximum Gasteiger partial charge on any atom is 0.408 e. The molecule has 0 aliphatic heterocycles. The second-order valence-corrected chi connectivity index (χ2v) is 4.91. The van der Waals surface area contributed by atoms with Crippen LogP contribution in [0.5, 0.6) is 0 Å². The molecule has 2 rings (SSSR count). The molecule has 0 aliphatic carbocycles. The predicted octanol–water partition coefficient (Wildman–Crippen LogP) is 3.09. The van der Waals surface area contributed by atoms with Gasteiger partial charge in [-0.1, -0.05) is 48.2 Å². The SMILES string of the molecule is Cc1cc(C=O)ccc1C#CCNC(=O)OCc1ccccc1. The molecule has 4 nitrogen and oxygen atoms in total. The van der Waals surface area contributed by atoms with Crippen molar-refractivity contribution < 1.29 is 14.3 Å². The molecule has 2 aromatic rings. The number of benzene rings is 2. The van der Waals surface area contributed by atoms with Crippen molar-refractivity contribution >= 4 is 12.4 Å². The highest BCUT2D eigenvalue weighted by atomic mass is 16.5. The fourth-order valence-corrected chi connectivity index (χ4v) is 1.93. The summed E-state index contributed by atoms with van der Waals surface area (Å²) in [7, 11) is 0. The van der Waals surface area contributed by atoms with Gasteiger partial charge in [0.1, 0.15) is 12.9 Å². The molecule has 0 aliphatic rings. The fourth-order valence-electron chi connectivity index (χ4n) is 1.93. The number of alkyl carbamates (subject to hydrolysis) is 1. The molecule has 0 bridgehead atoms. The molecule has 116 valence electrons. The third-order valence-electron chi connectivity index (χ3n) is 3.14. The molecular weight excluding hydrogens is 290 g/mol. The van der Waals surface area contributed by atoms with Crippen molar-refractivity contribution in [3.05, 3.63) is 70.8 Å². The van der Waals surface area contributed by atoms with Crippen LogP contribution in [0.25, 0.3) is 0 Å². The van der Waals surface area contributed by atoms with E-state index in [1.807, 2.05) is 37.3 Å². The Morgan fingerprint density at radius 2 is 2.00 bits per heavy atom. The zero-order chi connectivity index (χ0) is 16.5. The minimum atomic E-state index is -0.504. The van der Waals surface area contributed by atoms with E-state index in [0.29, 0.717) is 5.56 Å². The van der Waals surface area contributed by atoms with Gasteiger partial charge in [-0.05, 0) is 30.2 Å². The van der Waals surface area contributed by atoms with E-state index in [2.05, 4.69) is 17.2 Å². The average Bonchev–Trinajstić information content (AvgIpc) is 2.58. The molecule has 0 radical (unpaired) electrons. The van der Waals surface area contributed by atoms with Gasteiger partial charge in [0.25, 0.3) is 0 Å². The molecule has 0 fully saturated rings. The zero-order valence-electron chi connectivity index (χ0n) is 12.8. The third-order valence-corrected chi connectivity index (χ3v) is 3.14. The monoisotopic (exact) mass is 307 g/mol. The smallest absolute Gasteiger partial charge is 0.408 e. The number of rotatable bonds is 4. The number of carbonyl (C=O) groups is 2. The molecule has 2 aromatic carbocycles. The summed E-state index contributed by atoms with van der Waals surface area (Å²) >= 11 is 0. The van der Waals surface area contributed by atoms with Crippen molar-refractivity contribution in [3.63, 3.8) is 0 Å². The Morgan fingerprint density at radius 1 is 1.22 bits per heavy atom. The standard InChI is InChI=1S/C19H17NO3/c1-15-12-17(13-21)9-10-18(15)8-5-11-20-19(22)23-14-16-6-3-2-4-7-16/h2-4,6-7,9-10,12-13H,11,14H2,1H3,(H,20,22). The Balaban J connectivity index is 1.79. The van der Waals surface area contributed by atoms with Gasteiger partial charge in [0.2, 0.25) is 0 Å². The van der Waals surface area contributed by atoms with Gasteiger partial charge in [0.05, 0.1) is 6.54 Å². The number of hydrogen-bond acceptors (Lipinski definition) is 3. The quantitative estimate of drug-likeness (QED) is 0.697. The lowest BCUT2D eigenvalue weighted by Crippen LogP contribution is -2.24. The highest BCUT2D eigenvalue weighted by Gasteiger charge is 2.00. The second kappa shape index (κ2) is 8.40. The highest BCUT2D eigenvalue weighted by Crippen LogP contribution is 2.08. The van der Waals surface area contributed by atoms with E-state index < -0.39 is 6.09 Å². The Bertz CT molecular complexity index is 742. The zero-order valence-corrected chi connectivity index (χ0v) is 12.8. The molecule has 0 saturated carbocycles. The molecule has 4 heteroatoms. The molecule has 0 unspecified atom stereocenters. The molecule has 0 atom stereocenters. The number of aldehydes is 1. The summed E-state index contributed by atoms with van der Waals surface area (Å²) in [6.07, 6.45) is 0.297. The molecule has 0 aromatic heterocycles. The van der Waals surface area contributed by atoms with Crippen molar-refractivity contribution in [2.45, 2.75) is 13.5 Å². The van der Waals surface area contributed by atoms with Crippen LogP contribution in [0.3, 0.4) is 0 Å². The molecule has 23 heavy (non-hydrogen) atoms. The van der Waals surface area contributed by atoms with E-state index >= 15 is 0 Å². The highest BCUT2D eigenvalue weighted by molar-refractivity contribution is 5.75. The maximum atomic E-state index is 11.5. The Kier molecular flexibility index (Phi) is 5.96. The number of amides is 1. The van der Waals surface area contributed by atoms with Gasteiger partial charge < -0.3 is 10.1 Å². The van der Waals surface area contributed by atoms with Gasteiger partial charge in [-0.2, -0.15) is 0 Å². The van der Waals surface area contributed by atoms with Gasteiger partial charge >= 0.3 is 6.09 Å². The molecule has 0 saturated heterocycles. The second-order valence-electron chi connectivity index (χ2n) is 4.91. The van der Waals surface area contributed by atoms with Gasteiger partial charge in [-0.3, -0.25) is 4.79 Å². The van der Waals surface area contributed by atoms with E-state index in [9.17, 15) is 9.59 Å². The topological polar surface area (TPSA) is 55.4 Å². The minimum Gasteiger partial charge on any atom is -0.445 e. The lowest BCUT2D eigenvalue weighted by atomic mass is 10.1. The fraction of sp³-hybridized carbons (Fsp3) is 0.158. The van der Waals surface area contributed by atoms with Crippen LogP contribution in [0.15, 0.2) is 48.5 Å². The van der Waals surface area contributed by atoms with Gasteiger partial charge in [0, 0.05) is 11.1 Å². The molecular formula is C19H17NO3. The lowest BCUT2D eigenvalue weighted by molar-refractivity contribution is 0.112. The van der Waals surface area contributed by atoms with Gasteiger partial charge in [-0.25, -0.2) is 4.79 Å². The minimum absolute atomic E-state index is 0.197. The summed E-state index contributed by atoms with van der Waals surface area (Å²) in [5.74, 6) is 5.82. The normalized spacial score (nSPS) is 9.43. The third kappa shape index (κ3) is 5.33.